The first kappa shape index (κ1) is 28.0. The molecule has 8 nitrogen and oxygen atoms in total. The first-order valence-corrected chi connectivity index (χ1v) is 14.3. The number of ether oxygens (including phenoxy) is 2. The van der Waals surface area contributed by atoms with Crippen molar-refractivity contribution in [2.24, 2.45) is 5.92 Å². The largest absolute Gasteiger partial charge is 0.474 e. The fraction of sp³-hybridized carbons (Fsp3) is 0.600. The Bertz CT molecular complexity index is 1130. The number of halogens is 1. The Kier molecular flexibility index (Phi) is 8.81. The highest BCUT2D eigenvalue weighted by Crippen LogP contribution is 2.35. The van der Waals surface area contributed by atoms with Gasteiger partial charge in [-0.2, -0.15) is 0 Å². The molecule has 1 aromatic heterocycles. The molecule has 0 bridgehead atoms. The van der Waals surface area contributed by atoms with Crippen LogP contribution in [0.2, 0.25) is 0 Å². The smallest absolute Gasteiger partial charge is 0.241 e. The van der Waals surface area contributed by atoms with Gasteiger partial charge < -0.3 is 14.8 Å². The summed E-state index contributed by atoms with van der Waals surface area (Å²) in [5, 5.41) is 3.62. The maximum absolute atomic E-state index is 14.2. The Labute approximate surface area is 231 Å². The van der Waals surface area contributed by atoms with Crippen LogP contribution in [0, 0.1) is 11.7 Å². The third-order valence-electron chi connectivity index (χ3n) is 8.25. The Balaban J connectivity index is 1.37. The van der Waals surface area contributed by atoms with Gasteiger partial charge >= 0.3 is 0 Å². The Hall–Kier alpha value is -2.59. The van der Waals surface area contributed by atoms with Crippen molar-refractivity contribution in [3.63, 3.8) is 0 Å². The van der Waals surface area contributed by atoms with Gasteiger partial charge in [-0.15, -0.1) is 0 Å². The first-order chi connectivity index (χ1) is 18.8. The maximum atomic E-state index is 14.2. The van der Waals surface area contributed by atoms with E-state index in [1.165, 1.54) is 12.1 Å². The standard InChI is InChI=1S/C30H42FN5O3/c1-20(2)28-19-39-30-27(12-24(13-33-30)11-23-5-7-25(31)8-6-23)36(28)29(37)17-35-15-21(3)32-14-26(35)16-34-9-10-38-18-22(34)4/h5-8,12-13,20-22,26,28,32H,9-11,14-19H2,1-4H3/t21-,22-,26-,28?/m1/s1. The molecule has 5 rings (SSSR count). The SMILES string of the molecule is CC(C)C1COc2ncc(Cc3ccc(F)cc3)cc2N1C(=O)CN1C[C@@H](C)NC[C@@H]1CN1CCOC[C@H]1C. The lowest BCUT2D eigenvalue weighted by Gasteiger charge is -2.45. The Morgan fingerprint density at radius 2 is 1.95 bits per heavy atom. The summed E-state index contributed by atoms with van der Waals surface area (Å²) in [5.41, 5.74) is 2.68. The van der Waals surface area contributed by atoms with Crippen molar-refractivity contribution in [3.05, 3.63) is 53.5 Å². The lowest BCUT2D eigenvalue weighted by molar-refractivity contribution is -0.122. The predicted molar refractivity (Wildman–Crippen MR) is 150 cm³/mol. The summed E-state index contributed by atoms with van der Waals surface area (Å²) in [4.78, 5) is 25.5. The number of pyridine rings is 1. The molecule has 2 fully saturated rings. The Morgan fingerprint density at radius 3 is 2.69 bits per heavy atom. The van der Waals surface area contributed by atoms with Crippen molar-refractivity contribution in [1.82, 2.24) is 20.1 Å². The summed E-state index contributed by atoms with van der Waals surface area (Å²) >= 11 is 0. The fourth-order valence-electron chi connectivity index (χ4n) is 5.89. The summed E-state index contributed by atoms with van der Waals surface area (Å²) in [6.45, 7) is 14.4. The van der Waals surface area contributed by atoms with Gasteiger partial charge in [-0.25, -0.2) is 9.37 Å². The maximum Gasteiger partial charge on any atom is 0.241 e. The van der Waals surface area contributed by atoms with E-state index in [1.54, 1.807) is 18.3 Å². The molecular weight excluding hydrogens is 497 g/mol. The van der Waals surface area contributed by atoms with E-state index in [0.717, 1.165) is 56.2 Å². The number of nitrogens with zero attached hydrogens (tertiary/aromatic N) is 4. The lowest BCUT2D eigenvalue weighted by Crippen LogP contribution is -2.63. The van der Waals surface area contributed by atoms with Gasteiger partial charge in [-0.3, -0.25) is 19.5 Å². The van der Waals surface area contributed by atoms with E-state index in [0.29, 0.717) is 37.5 Å². The number of fused-ring (bicyclic) bond motifs is 1. The highest BCUT2D eigenvalue weighted by molar-refractivity contribution is 5.97. The molecule has 0 aliphatic carbocycles. The van der Waals surface area contributed by atoms with E-state index in [4.69, 9.17) is 9.47 Å². The molecule has 1 unspecified atom stereocenters. The summed E-state index contributed by atoms with van der Waals surface area (Å²) in [5.74, 6) is 0.536. The summed E-state index contributed by atoms with van der Waals surface area (Å²) < 4.78 is 25.1. The second kappa shape index (κ2) is 12.3. The van der Waals surface area contributed by atoms with E-state index >= 15 is 0 Å². The van der Waals surface area contributed by atoms with Gasteiger partial charge in [0.15, 0.2) is 0 Å². The fourth-order valence-corrected chi connectivity index (χ4v) is 5.89. The third-order valence-corrected chi connectivity index (χ3v) is 8.25. The molecule has 1 N–H and O–H groups in total. The average Bonchev–Trinajstić information content (AvgIpc) is 2.91. The van der Waals surface area contributed by atoms with Gasteiger partial charge in [0.05, 0.1) is 25.8 Å². The number of morpholine rings is 1. The molecule has 1 amide bonds. The number of piperazine rings is 1. The van der Waals surface area contributed by atoms with Crippen LogP contribution in [0.3, 0.4) is 0 Å². The summed E-state index contributed by atoms with van der Waals surface area (Å²) in [7, 11) is 0. The summed E-state index contributed by atoms with van der Waals surface area (Å²) in [6, 6.07) is 9.38. The van der Waals surface area contributed by atoms with Crippen molar-refractivity contribution in [1.29, 1.82) is 0 Å². The van der Waals surface area contributed by atoms with E-state index in [1.807, 2.05) is 11.0 Å². The zero-order valence-electron chi connectivity index (χ0n) is 23.6. The zero-order chi connectivity index (χ0) is 27.5. The second-order valence-electron chi connectivity index (χ2n) is 11.7. The van der Waals surface area contributed by atoms with Crippen LogP contribution in [-0.2, 0) is 16.0 Å². The number of carbonyl (C=O) groups excluding carboxylic acids is 1. The number of aromatic nitrogens is 1. The van der Waals surface area contributed by atoms with Crippen molar-refractivity contribution >= 4 is 11.6 Å². The molecule has 1 aromatic carbocycles. The molecule has 4 atom stereocenters. The van der Waals surface area contributed by atoms with Crippen molar-refractivity contribution in [3.8, 4) is 5.88 Å². The molecule has 0 radical (unpaired) electrons. The van der Waals surface area contributed by atoms with Crippen molar-refractivity contribution in [2.45, 2.75) is 58.3 Å². The van der Waals surface area contributed by atoms with Crippen LogP contribution in [0.15, 0.2) is 36.5 Å². The molecule has 39 heavy (non-hydrogen) atoms. The van der Waals surface area contributed by atoms with Crippen LogP contribution in [0.4, 0.5) is 10.1 Å². The highest BCUT2D eigenvalue weighted by atomic mass is 19.1. The number of hydrogen-bond acceptors (Lipinski definition) is 7. The van der Waals surface area contributed by atoms with Crippen molar-refractivity contribution in [2.75, 3.05) is 57.4 Å². The summed E-state index contributed by atoms with van der Waals surface area (Å²) in [6.07, 6.45) is 2.39. The number of amides is 1. The molecule has 3 aliphatic heterocycles. The van der Waals surface area contributed by atoms with Crippen LogP contribution in [0.25, 0.3) is 0 Å². The number of rotatable bonds is 7. The number of anilines is 1. The van der Waals surface area contributed by atoms with Crippen LogP contribution in [0.5, 0.6) is 5.88 Å². The molecular formula is C30H42FN5O3. The third kappa shape index (κ3) is 6.60. The molecule has 0 saturated carbocycles. The van der Waals surface area contributed by atoms with Crippen LogP contribution in [-0.4, -0.2) is 97.4 Å². The van der Waals surface area contributed by atoms with Crippen LogP contribution >= 0.6 is 0 Å². The van der Waals surface area contributed by atoms with Crippen molar-refractivity contribution < 1.29 is 18.7 Å². The molecule has 9 heteroatoms. The molecule has 4 heterocycles. The minimum atomic E-state index is -0.254. The van der Waals surface area contributed by atoms with Crippen LogP contribution < -0.4 is 15.0 Å². The van der Waals surface area contributed by atoms with Crippen LogP contribution in [0.1, 0.15) is 38.8 Å². The Morgan fingerprint density at radius 1 is 1.15 bits per heavy atom. The van der Waals surface area contributed by atoms with E-state index in [2.05, 4.69) is 47.8 Å². The molecule has 2 saturated heterocycles. The lowest BCUT2D eigenvalue weighted by atomic mass is 9.99. The molecule has 2 aromatic rings. The van der Waals surface area contributed by atoms with Gasteiger partial charge in [0, 0.05) is 50.5 Å². The average molecular weight is 540 g/mol. The monoisotopic (exact) mass is 539 g/mol. The quantitative estimate of drug-likeness (QED) is 0.580. The number of carbonyl (C=O) groups is 1. The number of nitrogens with one attached hydrogen (secondary N) is 1. The van der Waals surface area contributed by atoms with Gasteiger partial charge in [-0.05, 0) is 55.5 Å². The minimum Gasteiger partial charge on any atom is -0.474 e. The van der Waals surface area contributed by atoms with Gasteiger partial charge in [0.1, 0.15) is 18.1 Å². The first-order valence-electron chi connectivity index (χ1n) is 14.3. The highest BCUT2D eigenvalue weighted by Gasteiger charge is 2.38. The number of benzene rings is 1. The zero-order valence-corrected chi connectivity index (χ0v) is 23.6. The second-order valence-corrected chi connectivity index (χ2v) is 11.7. The topological polar surface area (TPSA) is 70.2 Å². The van der Waals surface area contributed by atoms with E-state index in [9.17, 15) is 9.18 Å². The van der Waals surface area contributed by atoms with E-state index in [-0.39, 0.29) is 29.7 Å². The molecule has 212 valence electrons. The van der Waals surface area contributed by atoms with Gasteiger partial charge in [0.2, 0.25) is 11.8 Å². The molecule has 3 aliphatic rings. The normalized spacial score (nSPS) is 26.4. The number of hydrogen-bond donors (Lipinski definition) is 1. The van der Waals surface area contributed by atoms with E-state index < -0.39 is 0 Å². The minimum absolute atomic E-state index is 0.0770. The predicted octanol–water partition coefficient (Wildman–Crippen LogP) is 2.94. The van der Waals surface area contributed by atoms with Gasteiger partial charge in [-0.1, -0.05) is 26.0 Å². The van der Waals surface area contributed by atoms with Gasteiger partial charge in [0.25, 0.3) is 0 Å². The molecule has 0 spiro atoms.